The van der Waals surface area contributed by atoms with Gasteiger partial charge in [0.05, 0.1) is 6.10 Å². The summed E-state index contributed by atoms with van der Waals surface area (Å²) in [7, 11) is 0. The number of hydrogen-bond donors (Lipinski definition) is 2. The van der Waals surface area contributed by atoms with Crippen LogP contribution in [0.5, 0.6) is 0 Å². The molecule has 3 aromatic rings. The topological polar surface area (TPSA) is 96.2 Å². The second kappa shape index (κ2) is 10.9. The second-order valence-corrected chi connectivity index (χ2v) is 10.5. The van der Waals surface area contributed by atoms with E-state index in [0.717, 1.165) is 75.5 Å². The molecule has 8 nitrogen and oxygen atoms in total. The maximum absolute atomic E-state index is 12.9. The number of piperidine rings is 1. The molecule has 0 spiro atoms. The van der Waals surface area contributed by atoms with Crippen molar-refractivity contribution in [3.8, 4) is 0 Å². The molecule has 1 aliphatic carbocycles. The minimum Gasteiger partial charge on any atom is -0.393 e. The number of fused-ring (bicyclic) bond motifs is 1. The van der Waals surface area contributed by atoms with Crippen LogP contribution in [0.4, 0.5) is 5.95 Å². The highest BCUT2D eigenvalue weighted by molar-refractivity contribution is 5.92. The molecule has 1 saturated carbocycles. The molecule has 3 aromatic heterocycles. The van der Waals surface area contributed by atoms with E-state index in [1.807, 2.05) is 23.2 Å². The molecule has 1 amide bonds. The summed E-state index contributed by atoms with van der Waals surface area (Å²) in [6.45, 7) is 5.80. The van der Waals surface area contributed by atoms with Gasteiger partial charge in [-0.25, -0.2) is 4.98 Å². The van der Waals surface area contributed by atoms with Crippen molar-refractivity contribution < 1.29 is 9.90 Å². The standard InChI is InChI=1S/C28H38N6O2/c1-3-6-19(2)31-28-30-17-23-24(18-34(26(23)32-28)21-8-10-22(35)11-9-21)20-12-15-33(16-13-20)27(36)25-7-4-5-14-29-25/h4-5,7,14,17-22,35H,3,6,8-13,15-16H2,1-2H3,(H,30,31,32). The van der Waals surface area contributed by atoms with Crippen LogP contribution in [-0.2, 0) is 0 Å². The van der Waals surface area contributed by atoms with Gasteiger partial charge in [-0.05, 0) is 75.5 Å². The molecule has 5 rings (SSSR count). The fourth-order valence-electron chi connectivity index (χ4n) is 5.83. The van der Waals surface area contributed by atoms with Crippen LogP contribution < -0.4 is 5.32 Å². The lowest BCUT2D eigenvalue weighted by molar-refractivity contribution is 0.0707. The van der Waals surface area contributed by atoms with Gasteiger partial charge in [0.25, 0.3) is 5.91 Å². The average molecular weight is 491 g/mol. The zero-order valence-corrected chi connectivity index (χ0v) is 21.4. The molecule has 0 aromatic carbocycles. The van der Waals surface area contributed by atoms with E-state index >= 15 is 0 Å². The number of carbonyl (C=O) groups is 1. The lowest BCUT2D eigenvalue weighted by Gasteiger charge is -2.32. The normalized spacial score (nSPS) is 22.0. The van der Waals surface area contributed by atoms with Gasteiger partial charge in [-0.15, -0.1) is 0 Å². The summed E-state index contributed by atoms with van der Waals surface area (Å²) in [5, 5.41) is 14.6. The lowest BCUT2D eigenvalue weighted by atomic mass is 9.89. The van der Waals surface area contributed by atoms with E-state index in [0.29, 0.717) is 29.6 Å². The minimum atomic E-state index is -0.190. The predicted molar refractivity (Wildman–Crippen MR) is 141 cm³/mol. The van der Waals surface area contributed by atoms with E-state index in [9.17, 15) is 9.90 Å². The number of aliphatic hydroxyl groups is 1. The highest BCUT2D eigenvalue weighted by Gasteiger charge is 2.30. The fraction of sp³-hybridized carbons (Fsp3) is 0.571. The van der Waals surface area contributed by atoms with Crippen molar-refractivity contribution in [3.63, 3.8) is 0 Å². The molecular weight excluding hydrogens is 452 g/mol. The van der Waals surface area contributed by atoms with E-state index < -0.39 is 0 Å². The molecule has 36 heavy (non-hydrogen) atoms. The lowest BCUT2D eigenvalue weighted by Crippen LogP contribution is -2.38. The first kappa shape index (κ1) is 24.7. The van der Waals surface area contributed by atoms with Crippen LogP contribution in [0, 0.1) is 0 Å². The van der Waals surface area contributed by atoms with Crippen molar-refractivity contribution in [1.29, 1.82) is 0 Å². The SMILES string of the molecule is CCCC(C)Nc1ncc2c(C3CCN(C(=O)c4ccccn4)CC3)cn(C3CCC(O)CC3)c2n1. The number of aliphatic hydroxyl groups excluding tert-OH is 1. The van der Waals surface area contributed by atoms with Crippen molar-refractivity contribution in [2.45, 2.75) is 89.3 Å². The summed E-state index contributed by atoms with van der Waals surface area (Å²) in [5.41, 5.74) is 2.78. The van der Waals surface area contributed by atoms with Crippen LogP contribution in [0.15, 0.2) is 36.8 Å². The van der Waals surface area contributed by atoms with Crippen LogP contribution in [0.25, 0.3) is 11.0 Å². The number of nitrogens with zero attached hydrogens (tertiary/aromatic N) is 5. The van der Waals surface area contributed by atoms with Crippen LogP contribution >= 0.6 is 0 Å². The van der Waals surface area contributed by atoms with E-state index in [-0.39, 0.29) is 12.0 Å². The molecule has 1 unspecified atom stereocenters. The Morgan fingerprint density at radius 2 is 1.92 bits per heavy atom. The monoisotopic (exact) mass is 490 g/mol. The van der Waals surface area contributed by atoms with Gasteiger partial charge in [-0.3, -0.25) is 9.78 Å². The highest BCUT2D eigenvalue weighted by Crippen LogP contribution is 2.38. The Kier molecular flexibility index (Phi) is 7.51. The molecule has 0 radical (unpaired) electrons. The average Bonchev–Trinajstić information content (AvgIpc) is 3.28. The minimum absolute atomic E-state index is 0.0116. The molecule has 1 saturated heterocycles. The molecule has 192 valence electrons. The van der Waals surface area contributed by atoms with Gasteiger partial charge in [0, 0.05) is 49.1 Å². The van der Waals surface area contributed by atoms with Crippen LogP contribution in [0.3, 0.4) is 0 Å². The molecule has 4 heterocycles. The number of hydrogen-bond acceptors (Lipinski definition) is 6. The van der Waals surface area contributed by atoms with Crippen LogP contribution in [-0.4, -0.2) is 60.7 Å². The molecule has 0 bridgehead atoms. The number of carbonyl (C=O) groups excluding carboxylic acids is 1. The number of nitrogens with one attached hydrogen (secondary N) is 1. The maximum Gasteiger partial charge on any atom is 0.272 e. The summed E-state index contributed by atoms with van der Waals surface area (Å²) in [5.74, 6) is 1.05. The van der Waals surface area contributed by atoms with Crippen molar-refractivity contribution in [2.75, 3.05) is 18.4 Å². The molecule has 2 N–H and O–H groups in total. The third-order valence-electron chi connectivity index (χ3n) is 7.87. The molecule has 1 atom stereocenters. The third kappa shape index (κ3) is 5.24. The number of likely N-dealkylation sites (tertiary alicyclic amines) is 1. The van der Waals surface area contributed by atoms with E-state index in [2.05, 4.69) is 39.9 Å². The maximum atomic E-state index is 12.9. The summed E-state index contributed by atoms with van der Waals surface area (Å²) in [6.07, 6.45) is 13.3. The fourth-order valence-corrected chi connectivity index (χ4v) is 5.83. The number of anilines is 1. The second-order valence-electron chi connectivity index (χ2n) is 10.5. The quantitative estimate of drug-likeness (QED) is 0.488. The third-order valence-corrected chi connectivity index (χ3v) is 7.87. The molecule has 2 aliphatic rings. The summed E-state index contributed by atoms with van der Waals surface area (Å²) in [4.78, 5) is 28.7. The molecular formula is C28H38N6O2. The number of aromatic nitrogens is 4. The number of amides is 1. The van der Waals surface area contributed by atoms with Gasteiger partial charge in [0.1, 0.15) is 11.3 Å². The van der Waals surface area contributed by atoms with Gasteiger partial charge in [-0.1, -0.05) is 19.4 Å². The van der Waals surface area contributed by atoms with E-state index in [4.69, 9.17) is 4.98 Å². The Hall–Kier alpha value is -3.00. The van der Waals surface area contributed by atoms with Crippen molar-refractivity contribution in [2.24, 2.45) is 0 Å². The Morgan fingerprint density at radius 3 is 2.61 bits per heavy atom. The smallest absolute Gasteiger partial charge is 0.272 e. The van der Waals surface area contributed by atoms with E-state index in [1.54, 1.807) is 12.3 Å². The Bertz CT molecular complexity index is 1160. The first-order valence-electron chi connectivity index (χ1n) is 13.6. The van der Waals surface area contributed by atoms with Gasteiger partial charge in [0.15, 0.2) is 0 Å². The van der Waals surface area contributed by atoms with Gasteiger partial charge >= 0.3 is 0 Å². The largest absolute Gasteiger partial charge is 0.393 e. The van der Waals surface area contributed by atoms with Crippen molar-refractivity contribution >= 4 is 22.9 Å². The molecule has 8 heteroatoms. The molecule has 1 aliphatic heterocycles. The zero-order valence-electron chi connectivity index (χ0n) is 21.4. The highest BCUT2D eigenvalue weighted by atomic mass is 16.3. The van der Waals surface area contributed by atoms with Crippen molar-refractivity contribution in [3.05, 3.63) is 48.0 Å². The zero-order chi connectivity index (χ0) is 25.1. The Morgan fingerprint density at radius 1 is 1.14 bits per heavy atom. The Balaban J connectivity index is 1.39. The van der Waals surface area contributed by atoms with Crippen molar-refractivity contribution in [1.82, 2.24) is 24.4 Å². The molecule has 2 fully saturated rings. The van der Waals surface area contributed by atoms with Gasteiger partial charge in [-0.2, -0.15) is 4.98 Å². The van der Waals surface area contributed by atoms with Gasteiger partial charge in [0.2, 0.25) is 5.95 Å². The van der Waals surface area contributed by atoms with Gasteiger partial charge < -0.3 is 19.9 Å². The Labute approximate surface area is 213 Å². The predicted octanol–water partition coefficient (Wildman–Crippen LogP) is 4.92. The summed E-state index contributed by atoms with van der Waals surface area (Å²) in [6, 6.07) is 6.14. The first-order valence-corrected chi connectivity index (χ1v) is 13.6. The van der Waals surface area contributed by atoms with Crippen LogP contribution in [0.1, 0.15) is 93.2 Å². The van der Waals surface area contributed by atoms with E-state index in [1.165, 1.54) is 5.56 Å². The number of pyridine rings is 1. The summed E-state index contributed by atoms with van der Waals surface area (Å²) >= 11 is 0. The number of rotatable bonds is 7. The summed E-state index contributed by atoms with van der Waals surface area (Å²) < 4.78 is 2.35. The first-order chi connectivity index (χ1) is 17.5. The van der Waals surface area contributed by atoms with Crippen LogP contribution in [0.2, 0.25) is 0 Å².